The molecule has 1 aromatic heterocycles. The Labute approximate surface area is 109 Å². The minimum absolute atomic E-state index is 0.438. The van der Waals surface area contributed by atoms with Gasteiger partial charge >= 0.3 is 7.12 Å². The molecule has 1 aliphatic rings. The van der Waals surface area contributed by atoms with Gasteiger partial charge in [-0.15, -0.1) is 0 Å². The molecule has 1 aromatic rings. The zero-order valence-electron chi connectivity index (χ0n) is 8.86. The molecule has 1 aliphatic heterocycles. The van der Waals surface area contributed by atoms with E-state index in [1.54, 1.807) is 6.07 Å². The molecule has 1 saturated heterocycles. The van der Waals surface area contributed by atoms with Gasteiger partial charge < -0.3 is 15.4 Å². The van der Waals surface area contributed by atoms with E-state index in [9.17, 15) is 10.0 Å². The third-order valence-corrected chi connectivity index (χ3v) is 3.44. The van der Waals surface area contributed by atoms with Gasteiger partial charge in [-0.3, -0.25) is 0 Å². The van der Waals surface area contributed by atoms with Crippen LogP contribution in [0.3, 0.4) is 0 Å². The number of pyridine rings is 1. The van der Waals surface area contributed by atoms with Gasteiger partial charge in [-0.1, -0.05) is 0 Å². The standard InChI is InChI=1S/C10H14BIN2O2/c12-10-6-8(11(15)16)5-9(14-10)7-1-3-13-4-2-7/h5-7,13,15-16H,1-4H2. The summed E-state index contributed by atoms with van der Waals surface area (Å²) in [6.07, 6.45) is 2.13. The molecule has 3 N–H and O–H groups in total. The van der Waals surface area contributed by atoms with E-state index < -0.39 is 7.12 Å². The molecule has 0 aromatic carbocycles. The summed E-state index contributed by atoms with van der Waals surface area (Å²) in [6.45, 7) is 2.02. The van der Waals surface area contributed by atoms with Crippen LogP contribution in [-0.2, 0) is 0 Å². The first-order valence-corrected chi connectivity index (χ1v) is 6.49. The number of nitrogens with one attached hydrogen (secondary N) is 1. The van der Waals surface area contributed by atoms with Crippen LogP contribution >= 0.6 is 22.6 Å². The number of piperidine rings is 1. The maximum atomic E-state index is 9.18. The minimum atomic E-state index is -1.41. The summed E-state index contributed by atoms with van der Waals surface area (Å²) in [6, 6.07) is 3.51. The van der Waals surface area contributed by atoms with E-state index in [0.717, 1.165) is 35.3 Å². The summed E-state index contributed by atoms with van der Waals surface area (Å²) in [5.41, 5.74) is 1.52. The van der Waals surface area contributed by atoms with Crippen LogP contribution in [0, 0.1) is 3.70 Å². The lowest BCUT2D eigenvalue weighted by atomic mass is 9.79. The van der Waals surface area contributed by atoms with Crippen LogP contribution in [0.2, 0.25) is 0 Å². The molecule has 0 amide bonds. The van der Waals surface area contributed by atoms with Gasteiger partial charge in [0.05, 0.1) is 0 Å². The van der Waals surface area contributed by atoms with Crippen LogP contribution in [0.4, 0.5) is 0 Å². The average Bonchev–Trinajstić information content (AvgIpc) is 2.29. The van der Waals surface area contributed by atoms with E-state index in [0.29, 0.717) is 11.4 Å². The number of halogens is 1. The summed E-state index contributed by atoms with van der Waals surface area (Å²) in [5, 5.41) is 21.7. The van der Waals surface area contributed by atoms with Crippen LogP contribution < -0.4 is 10.8 Å². The van der Waals surface area contributed by atoms with Crippen LogP contribution in [0.15, 0.2) is 12.1 Å². The zero-order chi connectivity index (χ0) is 11.5. The molecule has 0 saturated carbocycles. The fourth-order valence-electron chi connectivity index (χ4n) is 2.01. The molecule has 4 nitrogen and oxygen atoms in total. The van der Waals surface area contributed by atoms with Crippen molar-refractivity contribution in [1.29, 1.82) is 0 Å². The molecule has 1 fully saturated rings. The molecule has 0 atom stereocenters. The number of nitrogens with zero attached hydrogens (tertiary/aromatic N) is 1. The first-order chi connectivity index (χ1) is 7.66. The quantitative estimate of drug-likeness (QED) is 0.400. The Bertz CT molecular complexity index is 370. The summed E-state index contributed by atoms with van der Waals surface area (Å²) in [7, 11) is -1.41. The van der Waals surface area contributed by atoms with Crippen molar-refractivity contribution in [3.63, 3.8) is 0 Å². The van der Waals surface area contributed by atoms with Gasteiger partial charge in [-0.25, -0.2) is 4.98 Å². The lowest BCUT2D eigenvalue weighted by Gasteiger charge is -2.22. The van der Waals surface area contributed by atoms with Gasteiger partial charge in [-0.05, 0) is 66.1 Å². The second kappa shape index (κ2) is 5.44. The molecule has 0 aliphatic carbocycles. The fraction of sp³-hybridized carbons (Fsp3) is 0.500. The Morgan fingerprint density at radius 3 is 2.62 bits per heavy atom. The van der Waals surface area contributed by atoms with Crippen molar-refractivity contribution < 1.29 is 10.0 Å². The topological polar surface area (TPSA) is 65.4 Å². The first-order valence-electron chi connectivity index (χ1n) is 5.41. The van der Waals surface area contributed by atoms with Gasteiger partial charge in [0.25, 0.3) is 0 Å². The van der Waals surface area contributed by atoms with Gasteiger partial charge in [0.1, 0.15) is 3.70 Å². The number of hydrogen-bond donors (Lipinski definition) is 3. The number of hydrogen-bond acceptors (Lipinski definition) is 4. The molecule has 0 spiro atoms. The van der Waals surface area contributed by atoms with Crippen molar-refractivity contribution in [2.75, 3.05) is 13.1 Å². The predicted octanol–water partition coefficient (Wildman–Crippen LogP) is -0.167. The van der Waals surface area contributed by atoms with Crippen LogP contribution in [0.1, 0.15) is 24.5 Å². The van der Waals surface area contributed by atoms with E-state index >= 15 is 0 Å². The molecular weight excluding hydrogens is 318 g/mol. The van der Waals surface area contributed by atoms with Gasteiger partial charge in [0.15, 0.2) is 0 Å². The smallest absolute Gasteiger partial charge is 0.423 e. The first kappa shape index (κ1) is 12.3. The Kier molecular flexibility index (Phi) is 4.18. The van der Waals surface area contributed by atoms with E-state index in [2.05, 4.69) is 32.9 Å². The highest BCUT2D eigenvalue weighted by atomic mass is 127. The summed E-state index contributed by atoms with van der Waals surface area (Å²) in [4.78, 5) is 4.48. The van der Waals surface area contributed by atoms with E-state index in [-0.39, 0.29) is 0 Å². The molecule has 0 radical (unpaired) electrons. The third-order valence-electron chi connectivity index (χ3n) is 2.89. The summed E-state index contributed by atoms with van der Waals surface area (Å²) < 4.78 is 0.816. The van der Waals surface area contributed by atoms with E-state index in [4.69, 9.17) is 0 Å². The normalized spacial score (nSPS) is 17.4. The highest BCUT2D eigenvalue weighted by molar-refractivity contribution is 14.1. The second-order valence-electron chi connectivity index (χ2n) is 4.05. The molecule has 0 bridgehead atoms. The lowest BCUT2D eigenvalue weighted by molar-refractivity contribution is 0.425. The Morgan fingerprint density at radius 2 is 2.00 bits per heavy atom. The van der Waals surface area contributed by atoms with Gasteiger partial charge in [0.2, 0.25) is 0 Å². The Hall–Kier alpha value is -0.175. The van der Waals surface area contributed by atoms with Crippen molar-refractivity contribution in [2.24, 2.45) is 0 Å². The molecule has 2 heterocycles. The van der Waals surface area contributed by atoms with E-state index in [1.807, 2.05) is 6.07 Å². The summed E-state index contributed by atoms with van der Waals surface area (Å²) in [5.74, 6) is 0.438. The summed E-state index contributed by atoms with van der Waals surface area (Å²) >= 11 is 2.11. The van der Waals surface area contributed by atoms with Crippen molar-refractivity contribution in [3.05, 3.63) is 21.5 Å². The van der Waals surface area contributed by atoms with Crippen molar-refractivity contribution in [2.45, 2.75) is 18.8 Å². The predicted molar refractivity (Wildman–Crippen MR) is 71.6 cm³/mol. The third kappa shape index (κ3) is 2.94. The zero-order valence-corrected chi connectivity index (χ0v) is 11.0. The molecule has 86 valence electrons. The second-order valence-corrected chi connectivity index (χ2v) is 5.15. The van der Waals surface area contributed by atoms with Gasteiger partial charge in [0, 0.05) is 11.6 Å². The maximum Gasteiger partial charge on any atom is 0.488 e. The molecule has 0 unspecified atom stereocenters. The fourth-order valence-corrected chi connectivity index (χ4v) is 2.65. The van der Waals surface area contributed by atoms with E-state index in [1.165, 1.54) is 0 Å². The number of rotatable bonds is 2. The van der Waals surface area contributed by atoms with Crippen molar-refractivity contribution in [1.82, 2.24) is 10.3 Å². The highest BCUT2D eigenvalue weighted by Crippen LogP contribution is 2.23. The van der Waals surface area contributed by atoms with Crippen molar-refractivity contribution >= 4 is 35.2 Å². The lowest BCUT2D eigenvalue weighted by Crippen LogP contribution is -2.32. The molecule has 6 heteroatoms. The monoisotopic (exact) mass is 332 g/mol. The van der Waals surface area contributed by atoms with Gasteiger partial charge in [-0.2, -0.15) is 0 Å². The molecule has 16 heavy (non-hydrogen) atoms. The average molecular weight is 332 g/mol. The maximum absolute atomic E-state index is 9.18. The van der Waals surface area contributed by atoms with Crippen LogP contribution in [0.5, 0.6) is 0 Å². The molecule has 2 rings (SSSR count). The Balaban J connectivity index is 2.25. The largest absolute Gasteiger partial charge is 0.488 e. The highest BCUT2D eigenvalue weighted by Gasteiger charge is 2.20. The SMILES string of the molecule is OB(O)c1cc(I)nc(C2CCNCC2)c1. The molecular formula is C10H14BIN2O2. The van der Waals surface area contributed by atoms with Crippen LogP contribution in [0.25, 0.3) is 0 Å². The van der Waals surface area contributed by atoms with Crippen LogP contribution in [-0.4, -0.2) is 35.2 Å². The Morgan fingerprint density at radius 1 is 1.31 bits per heavy atom. The van der Waals surface area contributed by atoms with Crippen molar-refractivity contribution in [3.8, 4) is 0 Å². The minimum Gasteiger partial charge on any atom is -0.423 e. The number of aromatic nitrogens is 1.